The number of carboxylic acid groups (broad SMARTS) is 1. The van der Waals surface area contributed by atoms with E-state index in [0.717, 1.165) is 24.8 Å². The van der Waals surface area contributed by atoms with Crippen LogP contribution in [0.25, 0.3) is 0 Å². The maximum atomic E-state index is 13.1. The summed E-state index contributed by atoms with van der Waals surface area (Å²) in [6.45, 7) is 5.74. The van der Waals surface area contributed by atoms with Gasteiger partial charge < -0.3 is 14.9 Å². The highest BCUT2D eigenvalue weighted by Crippen LogP contribution is 2.34. The van der Waals surface area contributed by atoms with Crippen molar-refractivity contribution in [3.8, 4) is 0 Å². The predicted octanol–water partition coefficient (Wildman–Crippen LogP) is 2.60. The summed E-state index contributed by atoms with van der Waals surface area (Å²) in [5, 5.41) is 9.67. The molecule has 0 radical (unpaired) electrons. The highest BCUT2D eigenvalue weighted by molar-refractivity contribution is 5.83. The van der Waals surface area contributed by atoms with E-state index in [1.807, 2.05) is 49.1 Å². The summed E-state index contributed by atoms with van der Waals surface area (Å²) in [6, 6.07) is 9.57. The minimum Gasteiger partial charge on any atom is -0.481 e. The normalized spacial score (nSPS) is 26.1. The van der Waals surface area contributed by atoms with Gasteiger partial charge >= 0.3 is 5.97 Å². The Morgan fingerprint density at radius 2 is 1.82 bits per heavy atom. The van der Waals surface area contributed by atoms with Crippen molar-refractivity contribution in [2.45, 2.75) is 39.0 Å². The Kier molecular flexibility index (Phi) is 6.37. The van der Waals surface area contributed by atoms with Gasteiger partial charge in [-0.1, -0.05) is 44.2 Å². The van der Waals surface area contributed by atoms with Crippen molar-refractivity contribution in [3.63, 3.8) is 0 Å². The SMILES string of the molecule is CCC(C)C(=O)N1CCCC(C(=O)N2C[C@H](C(=O)O)[C@H](c3ccccc3)C2)C1. The molecule has 6 nitrogen and oxygen atoms in total. The van der Waals surface area contributed by atoms with Crippen LogP contribution < -0.4 is 0 Å². The summed E-state index contributed by atoms with van der Waals surface area (Å²) in [4.78, 5) is 41.0. The van der Waals surface area contributed by atoms with Gasteiger partial charge in [0.1, 0.15) is 0 Å². The molecule has 2 heterocycles. The lowest BCUT2D eigenvalue weighted by atomic mass is 9.89. The number of rotatable bonds is 5. The van der Waals surface area contributed by atoms with E-state index in [0.29, 0.717) is 19.6 Å². The number of likely N-dealkylation sites (tertiary alicyclic amines) is 2. The van der Waals surface area contributed by atoms with Crippen LogP contribution in [0.15, 0.2) is 30.3 Å². The van der Waals surface area contributed by atoms with E-state index >= 15 is 0 Å². The second kappa shape index (κ2) is 8.76. The van der Waals surface area contributed by atoms with E-state index in [-0.39, 0.29) is 36.1 Å². The Bertz CT molecular complexity index is 721. The highest BCUT2D eigenvalue weighted by Gasteiger charge is 2.42. The van der Waals surface area contributed by atoms with Gasteiger partial charge in [-0.3, -0.25) is 14.4 Å². The van der Waals surface area contributed by atoms with Gasteiger partial charge in [-0.05, 0) is 24.8 Å². The first-order valence-corrected chi connectivity index (χ1v) is 10.3. The van der Waals surface area contributed by atoms with Crippen LogP contribution in [0.5, 0.6) is 0 Å². The maximum Gasteiger partial charge on any atom is 0.308 e. The fourth-order valence-corrected chi connectivity index (χ4v) is 4.40. The average Bonchev–Trinajstić information content (AvgIpc) is 3.18. The Morgan fingerprint density at radius 3 is 2.46 bits per heavy atom. The molecule has 0 spiro atoms. The van der Waals surface area contributed by atoms with Crippen LogP contribution >= 0.6 is 0 Å². The Morgan fingerprint density at radius 1 is 1.11 bits per heavy atom. The van der Waals surface area contributed by atoms with Crippen LogP contribution in [0.3, 0.4) is 0 Å². The molecule has 0 aliphatic carbocycles. The van der Waals surface area contributed by atoms with E-state index in [2.05, 4.69) is 0 Å². The number of carboxylic acids is 1. The Labute approximate surface area is 166 Å². The van der Waals surface area contributed by atoms with Crippen molar-refractivity contribution in [1.82, 2.24) is 9.80 Å². The van der Waals surface area contributed by atoms with Gasteiger partial charge in [0.15, 0.2) is 0 Å². The lowest BCUT2D eigenvalue weighted by molar-refractivity contribution is -0.142. The number of carbonyl (C=O) groups is 3. The maximum absolute atomic E-state index is 13.1. The molecule has 0 saturated carbocycles. The molecule has 152 valence electrons. The molecular weight excluding hydrogens is 356 g/mol. The third kappa shape index (κ3) is 4.21. The quantitative estimate of drug-likeness (QED) is 0.844. The van der Waals surface area contributed by atoms with Gasteiger partial charge in [0.25, 0.3) is 0 Å². The van der Waals surface area contributed by atoms with Crippen molar-refractivity contribution in [2.75, 3.05) is 26.2 Å². The minimum atomic E-state index is -0.860. The first-order valence-electron chi connectivity index (χ1n) is 10.3. The molecule has 0 aromatic heterocycles. The summed E-state index contributed by atoms with van der Waals surface area (Å²) < 4.78 is 0. The molecule has 2 fully saturated rings. The molecule has 1 N–H and O–H groups in total. The average molecular weight is 386 g/mol. The van der Waals surface area contributed by atoms with Gasteiger partial charge in [-0.15, -0.1) is 0 Å². The summed E-state index contributed by atoms with van der Waals surface area (Å²) in [5.41, 5.74) is 0.961. The van der Waals surface area contributed by atoms with Crippen LogP contribution in [-0.2, 0) is 14.4 Å². The lowest BCUT2D eigenvalue weighted by Crippen LogP contribution is -2.47. The number of carbonyl (C=O) groups excluding carboxylic acids is 2. The van der Waals surface area contributed by atoms with E-state index in [4.69, 9.17) is 0 Å². The highest BCUT2D eigenvalue weighted by atomic mass is 16.4. The van der Waals surface area contributed by atoms with Gasteiger partial charge in [0.2, 0.25) is 11.8 Å². The van der Waals surface area contributed by atoms with Gasteiger partial charge in [0.05, 0.1) is 11.8 Å². The molecule has 28 heavy (non-hydrogen) atoms. The van der Waals surface area contributed by atoms with Crippen molar-refractivity contribution in [3.05, 3.63) is 35.9 Å². The third-order valence-corrected chi connectivity index (χ3v) is 6.29. The molecule has 1 aromatic carbocycles. The lowest BCUT2D eigenvalue weighted by Gasteiger charge is -2.35. The van der Waals surface area contributed by atoms with Crippen LogP contribution in [0.2, 0.25) is 0 Å². The summed E-state index contributed by atoms with van der Waals surface area (Å²) >= 11 is 0. The summed E-state index contributed by atoms with van der Waals surface area (Å²) in [7, 11) is 0. The second-order valence-electron chi connectivity index (χ2n) is 8.14. The van der Waals surface area contributed by atoms with Crippen LogP contribution in [0, 0.1) is 17.8 Å². The van der Waals surface area contributed by atoms with Crippen LogP contribution in [0.4, 0.5) is 0 Å². The number of piperidine rings is 1. The number of benzene rings is 1. The molecule has 2 amide bonds. The number of hydrogen-bond donors (Lipinski definition) is 1. The van der Waals surface area contributed by atoms with Gasteiger partial charge in [-0.25, -0.2) is 0 Å². The minimum absolute atomic E-state index is 0.00803. The molecule has 2 aliphatic rings. The summed E-state index contributed by atoms with van der Waals surface area (Å²) in [6.07, 6.45) is 2.36. The molecule has 3 rings (SSSR count). The number of nitrogens with zero attached hydrogens (tertiary/aromatic N) is 2. The van der Waals surface area contributed by atoms with Gasteiger partial charge in [0, 0.05) is 38.0 Å². The first kappa shape index (κ1) is 20.4. The molecule has 6 heteroatoms. The largest absolute Gasteiger partial charge is 0.481 e. The molecule has 2 saturated heterocycles. The Hall–Kier alpha value is -2.37. The van der Waals surface area contributed by atoms with Crippen molar-refractivity contribution in [1.29, 1.82) is 0 Å². The van der Waals surface area contributed by atoms with E-state index in [1.54, 1.807) is 4.90 Å². The topological polar surface area (TPSA) is 77.9 Å². The molecule has 1 aromatic rings. The van der Waals surface area contributed by atoms with Crippen molar-refractivity contribution in [2.24, 2.45) is 17.8 Å². The molecule has 4 atom stereocenters. The van der Waals surface area contributed by atoms with E-state index in [9.17, 15) is 19.5 Å². The smallest absolute Gasteiger partial charge is 0.308 e. The fourth-order valence-electron chi connectivity index (χ4n) is 4.40. The van der Waals surface area contributed by atoms with Crippen molar-refractivity contribution >= 4 is 17.8 Å². The second-order valence-corrected chi connectivity index (χ2v) is 8.14. The summed E-state index contributed by atoms with van der Waals surface area (Å²) in [5.74, 6) is -1.79. The van der Waals surface area contributed by atoms with Gasteiger partial charge in [-0.2, -0.15) is 0 Å². The van der Waals surface area contributed by atoms with Crippen molar-refractivity contribution < 1.29 is 19.5 Å². The van der Waals surface area contributed by atoms with E-state index in [1.165, 1.54) is 0 Å². The number of amides is 2. The van der Waals surface area contributed by atoms with Crippen LogP contribution in [-0.4, -0.2) is 58.9 Å². The first-order chi connectivity index (χ1) is 13.4. The third-order valence-electron chi connectivity index (χ3n) is 6.29. The zero-order valence-electron chi connectivity index (χ0n) is 16.7. The fraction of sp³-hybridized carbons (Fsp3) is 0.591. The number of hydrogen-bond acceptors (Lipinski definition) is 3. The predicted molar refractivity (Wildman–Crippen MR) is 106 cm³/mol. The molecule has 0 bridgehead atoms. The molecule has 2 unspecified atom stereocenters. The molecule has 2 aliphatic heterocycles. The van der Waals surface area contributed by atoms with E-state index < -0.39 is 11.9 Å². The zero-order valence-corrected chi connectivity index (χ0v) is 16.7. The Balaban J connectivity index is 1.70. The number of aliphatic carboxylic acids is 1. The standard InChI is InChI=1S/C22H30N2O4/c1-3-15(2)20(25)23-11-7-10-17(12-23)21(26)24-13-18(19(14-24)22(27)28)16-8-5-4-6-9-16/h4-6,8-9,15,17-19H,3,7,10-14H2,1-2H3,(H,27,28)/t15?,17?,18-,19-/m0/s1. The monoisotopic (exact) mass is 386 g/mol. The van der Waals surface area contributed by atoms with Crippen LogP contribution in [0.1, 0.15) is 44.6 Å². The zero-order chi connectivity index (χ0) is 20.3. The molecular formula is C22H30N2O4.